The number of fused-ring (bicyclic) bond motifs is 1. The number of para-hydroxylation sites is 2. The number of amides is 2. The van der Waals surface area contributed by atoms with Crippen molar-refractivity contribution in [3.05, 3.63) is 75.1 Å². The second-order valence-corrected chi connectivity index (χ2v) is 11.6. The first-order valence-corrected chi connectivity index (χ1v) is 13.0. The van der Waals surface area contributed by atoms with E-state index in [1.165, 1.54) is 16.2 Å². The molecule has 4 rings (SSSR count). The van der Waals surface area contributed by atoms with Gasteiger partial charge in [-0.05, 0) is 76.4 Å². The zero-order valence-electron chi connectivity index (χ0n) is 19.6. The minimum atomic E-state index is -0.287. The van der Waals surface area contributed by atoms with Crippen LogP contribution in [0.1, 0.15) is 48.0 Å². The molecule has 1 atom stereocenters. The third-order valence-corrected chi connectivity index (χ3v) is 8.07. The Kier molecular flexibility index (Phi) is 7.43. The fourth-order valence-corrected chi connectivity index (χ4v) is 5.95. The first kappa shape index (κ1) is 24.5. The zero-order valence-corrected chi connectivity index (χ0v) is 22.0. The maximum absolute atomic E-state index is 13.5. The van der Waals surface area contributed by atoms with Crippen LogP contribution in [0, 0.1) is 11.3 Å². The largest absolute Gasteiger partial charge is 0.484 e. The summed E-state index contributed by atoms with van der Waals surface area (Å²) in [7, 11) is 0. The van der Waals surface area contributed by atoms with Crippen LogP contribution in [-0.4, -0.2) is 18.4 Å². The van der Waals surface area contributed by atoms with E-state index in [1.807, 2.05) is 42.5 Å². The van der Waals surface area contributed by atoms with E-state index in [4.69, 9.17) is 4.74 Å². The molecule has 2 amide bonds. The molecule has 0 radical (unpaired) electrons. The summed E-state index contributed by atoms with van der Waals surface area (Å²) in [4.78, 5) is 27.4. The summed E-state index contributed by atoms with van der Waals surface area (Å²) in [5.74, 6) is 0.661. The molecule has 0 fully saturated rings. The molecular formula is C27H29BrN2O3S. The molecule has 2 N–H and O–H groups in total. The van der Waals surface area contributed by atoms with Gasteiger partial charge in [-0.15, -0.1) is 11.3 Å². The van der Waals surface area contributed by atoms with E-state index in [9.17, 15) is 9.59 Å². The average Bonchev–Trinajstić information content (AvgIpc) is 3.16. The second kappa shape index (κ2) is 10.3. The van der Waals surface area contributed by atoms with Gasteiger partial charge >= 0.3 is 0 Å². The second-order valence-electron chi connectivity index (χ2n) is 9.60. The van der Waals surface area contributed by atoms with Crippen LogP contribution in [0.25, 0.3) is 0 Å². The summed E-state index contributed by atoms with van der Waals surface area (Å²) in [5, 5.41) is 6.56. The number of hydrogen-bond donors (Lipinski definition) is 2. The van der Waals surface area contributed by atoms with Crippen LogP contribution < -0.4 is 15.4 Å². The van der Waals surface area contributed by atoms with E-state index in [1.54, 1.807) is 12.1 Å². The maximum Gasteiger partial charge on any atom is 0.262 e. The Morgan fingerprint density at radius 3 is 2.47 bits per heavy atom. The fourth-order valence-electron chi connectivity index (χ4n) is 4.23. The number of carbonyl (C=O) groups is 2. The van der Waals surface area contributed by atoms with Gasteiger partial charge < -0.3 is 15.4 Å². The van der Waals surface area contributed by atoms with E-state index in [-0.39, 0.29) is 23.8 Å². The van der Waals surface area contributed by atoms with Crippen molar-refractivity contribution in [2.24, 2.45) is 11.3 Å². The van der Waals surface area contributed by atoms with E-state index in [0.29, 0.717) is 27.9 Å². The van der Waals surface area contributed by atoms with Crippen molar-refractivity contribution in [1.82, 2.24) is 0 Å². The smallest absolute Gasteiger partial charge is 0.262 e. The summed E-state index contributed by atoms with van der Waals surface area (Å²) in [6.07, 6.45) is 2.76. The van der Waals surface area contributed by atoms with Gasteiger partial charge in [-0.3, -0.25) is 9.59 Å². The molecule has 1 aliphatic rings. The predicted molar refractivity (Wildman–Crippen MR) is 142 cm³/mol. The Labute approximate surface area is 213 Å². The van der Waals surface area contributed by atoms with Gasteiger partial charge in [-0.2, -0.15) is 0 Å². The van der Waals surface area contributed by atoms with E-state index in [2.05, 4.69) is 47.3 Å². The Bertz CT molecular complexity index is 1180. The lowest BCUT2D eigenvalue weighted by Crippen LogP contribution is -2.27. The van der Waals surface area contributed by atoms with Crippen LogP contribution in [0.2, 0.25) is 0 Å². The molecule has 0 aliphatic heterocycles. The molecule has 0 bridgehead atoms. The third kappa shape index (κ3) is 5.70. The van der Waals surface area contributed by atoms with Crippen LogP contribution in [-0.2, 0) is 17.6 Å². The Hall–Kier alpha value is -2.64. The quantitative estimate of drug-likeness (QED) is 0.356. The number of thiophene rings is 1. The molecule has 1 unspecified atom stereocenters. The number of rotatable bonds is 6. The van der Waals surface area contributed by atoms with Gasteiger partial charge in [0.1, 0.15) is 10.8 Å². The zero-order chi connectivity index (χ0) is 24.3. The normalized spacial score (nSPS) is 15.4. The third-order valence-electron chi connectivity index (χ3n) is 6.21. The van der Waals surface area contributed by atoms with Gasteiger partial charge in [0.15, 0.2) is 6.61 Å². The lowest BCUT2D eigenvalue weighted by atomic mass is 9.72. The SMILES string of the molecule is CC(C)(C)C1CCc2c(sc(NC(=O)COc3ccccc3)c2C(=O)Nc2ccccc2Br)C1. The number of anilines is 2. The van der Waals surface area contributed by atoms with Gasteiger partial charge in [0, 0.05) is 9.35 Å². The van der Waals surface area contributed by atoms with Crippen LogP contribution in [0.4, 0.5) is 10.7 Å². The molecule has 0 saturated heterocycles. The lowest BCUT2D eigenvalue weighted by molar-refractivity contribution is -0.118. The summed E-state index contributed by atoms with van der Waals surface area (Å²) in [6.45, 7) is 6.67. The van der Waals surface area contributed by atoms with Crippen LogP contribution in [0.5, 0.6) is 5.75 Å². The molecule has 5 nitrogen and oxygen atoms in total. The molecule has 1 aromatic heterocycles. The van der Waals surface area contributed by atoms with E-state index < -0.39 is 0 Å². The van der Waals surface area contributed by atoms with E-state index in [0.717, 1.165) is 29.3 Å². The van der Waals surface area contributed by atoms with Gasteiger partial charge in [0.25, 0.3) is 11.8 Å². The number of carbonyl (C=O) groups excluding carboxylic acids is 2. The highest BCUT2D eigenvalue weighted by Crippen LogP contribution is 2.44. The van der Waals surface area contributed by atoms with Crippen molar-refractivity contribution >= 4 is 49.8 Å². The highest BCUT2D eigenvalue weighted by Gasteiger charge is 2.34. The standard InChI is InChI=1S/C27H29BrN2O3S/c1-27(2,3)17-13-14-19-22(15-17)34-26(30-23(31)16-33-18-9-5-4-6-10-18)24(19)25(32)29-21-12-8-7-11-20(21)28/h4-12,17H,13-16H2,1-3H3,(H,29,32)(H,30,31). The van der Waals surface area contributed by atoms with Gasteiger partial charge in [-0.25, -0.2) is 0 Å². The first-order valence-electron chi connectivity index (χ1n) is 11.4. The van der Waals surface area contributed by atoms with Gasteiger partial charge in [0.2, 0.25) is 0 Å². The van der Waals surface area contributed by atoms with Crippen molar-refractivity contribution in [2.75, 3.05) is 17.2 Å². The summed E-state index contributed by atoms with van der Waals surface area (Å²) >= 11 is 5.01. The molecule has 0 saturated carbocycles. The molecule has 178 valence electrons. The summed E-state index contributed by atoms with van der Waals surface area (Å²) in [6, 6.07) is 16.7. The minimum absolute atomic E-state index is 0.123. The number of halogens is 1. The topological polar surface area (TPSA) is 67.4 Å². The molecule has 3 aromatic rings. The van der Waals surface area contributed by atoms with Gasteiger partial charge in [-0.1, -0.05) is 51.1 Å². The number of nitrogens with one attached hydrogen (secondary N) is 2. The number of ether oxygens (including phenoxy) is 1. The monoisotopic (exact) mass is 540 g/mol. The highest BCUT2D eigenvalue weighted by molar-refractivity contribution is 9.10. The Morgan fingerprint density at radius 2 is 1.76 bits per heavy atom. The van der Waals surface area contributed by atoms with Crippen molar-refractivity contribution < 1.29 is 14.3 Å². The van der Waals surface area contributed by atoms with Crippen LogP contribution >= 0.6 is 27.3 Å². The molecule has 7 heteroatoms. The summed E-state index contributed by atoms with van der Waals surface area (Å²) < 4.78 is 6.41. The summed E-state index contributed by atoms with van der Waals surface area (Å²) in [5.41, 5.74) is 2.50. The minimum Gasteiger partial charge on any atom is -0.484 e. The predicted octanol–water partition coefficient (Wildman–Crippen LogP) is 6.93. The van der Waals surface area contributed by atoms with Gasteiger partial charge in [0.05, 0.1) is 11.3 Å². The molecule has 34 heavy (non-hydrogen) atoms. The Balaban J connectivity index is 1.59. The van der Waals surface area contributed by atoms with E-state index >= 15 is 0 Å². The maximum atomic E-state index is 13.5. The van der Waals surface area contributed by atoms with Crippen molar-refractivity contribution in [1.29, 1.82) is 0 Å². The average molecular weight is 542 g/mol. The van der Waals surface area contributed by atoms with Crippen molar-refractivity contribution in [3.63, 3.8) is 0 Å². The number of hydrogen-bond acceptors (Lipinski definition) is 4. The lowest BCUT2D eigenvalue weighted by Gasteiger charge is -2.33. The van der Waals surface area contributed by atoms with Crippen molar-refractivity contribution in [3.8, 4) is 5.75 Å². The molecule has 2 aromatic carbocycles. The van der Waals surface area contributed by atoms with Crippen LogP contribution in [0.15, 0.2) is 59.1 Å². The Morgan fingerprint density at radius 1 is 1.06 bits per heavy atom. The fraction of sp³-hybridized carbons (Fsp3) is 0.333. The van der Waals surface area contributed by atoms with Crippen LogP contribution in [0.3, 0.4) is 0 Å². The first-order chi connectivity index (χ1) is 16.2. The molecule has 0 spiro atoms. The highest BCUT2D eigenvalue weighted by atomic mass is 79.9. The van der Waals surface area contributed by atoms with Crippen molar-refractivity contribution in [2.45, 2.75) is 40.0 Å². The number of benzene rings is 2. The molecule has 1 aliphatic carbocycles. The molecular weight excluding hydrogens is 512 g/mol. The molecule has 1 heterocycles.